The highest BCUT2D eigenvalue weighted by molar-refractivity contribution is 5.94. The van der Waals surface area contributed by atoms with E-state index in [1.54, 1.807) is 12.0 Å². The van der Waals surface area contributed by atoms with E-state index in [0.29, 0.717) is 19.5 Å². The van der Waals surface area contributed by atoms with Crippen molar-refractivity contribution in [1.29, 1.82) is 5.26 Å². The summed E-state index contributed by atoms with van der Waals surface area (Å²) in [4.78, 5) is 17.0. The first-order valence-corrected chi connectivity index (χ1v) is 9.33. The standard InChI is InChI=1S/C22H25N3O2/c1-27-20-12-10-18(11-13-20)21-9-5-15-24(21)17-22(26)25(16-6-14-23)19-7-3-2-4-8-19/h2-4,7-8,10-13,21H,5-6,9,15-17H2,1H3. The first-order chi connectivity index (χ1) is 13.2. The van der Waals surface area contributed by atoms with Crippen LogP contribution in [0, 0.1) is 11.3 Å². The van der Waals surface area contributed by atoms with Crippen molar-refractivity contribution in [2.75, 3.05) is 31.6 Å². The number of para-hydroxylation sites is 1. The van der Waals surface area contributed by atoms with E-state index >= 15 is 0 Å². The Morgan fingerprint density at radius 2 is 1.96 bits per heavy atom. The summed E-state index contributed by atoms with van der Waals surface area (Å²) in [5.41, 5.74) is 2.06. The number of carbonyl (C=O) groups excluding carboxylic acids is 1. The number of rotatable bonds is 7. The highest BCUT2D eigenvalue weighted by Gasteiger charge is 2.29. The van der Waals surface area contributed by atoms with Gasteiger partial charge >= 0.3 is 0 Å². The number of benzene rings is 2. The van der Waals surface area contributed by atoms with Gasteiger partial charge in [0.25, 0.3) is 0 Å². The van der Waals surface area contributed by atoms with Gasteiger partial charge in [-0.1, -0.05) is 30.3 Å². The summed E-state index contributed by atoms with van der Waals surface area (Å²) in [5, 5.41) is 8.95. The Hall–Kier alpha value is -2.84. The number of likely N-dealkylation sites (tertiary alicyclic amines) is 1. The van der Waals surface area contributed by atoms with Crippen molar-refractivity contribution >= 4 is 11.6 Å². The molecule has 1 amide bonds. The zero-order chi connectivity index (χ0) is 19.1. The van der Waals surface area contributed by atoms with Gasteiger partial charge in [0.1, 0.15) is 5.75 Å². The summed E-state index contributed by atoms with van der Waals surface area (Å²) >= 11 is 0. The molecule has 1 fully saturated rings. The summed E-state index contributed by atoms with van der Waals surface area (Å²) in [7, 11) is 1.66. The van der Waals surface area contributed by atoms with Crippen LogP contribution in [0.25, 0.3) is 0 Å². The lowest BCUT2D eigenvalue weighted by Gasteiger charge is -2.28. The SMILES string of the molecule is COc1ccc(C2CCCN2CC(=O)N(CCC#N)c2ccccc2)cc1. The maximum atomic E-state index is 13.0. The molecular weight excluding hydrogens is 338 g/mol. The average Bonchev–Trinajstić information content (AvgIpc) is 3.17. The molecule has 0 aliphatic carbocycles. The molecule has 5 heteroatoms. The van der Waals surface area contributed by atoms with Gasteiger partial charge < -0.3 is 9.64 Å². The van der Waals surface area contributed by atoms with Crippen LogP contribution in [0.3, 0.4) is 0 Å². The van der Waals surface area contributed by atoms with Gasteiger partial charge in [0.05, 0.1) is 26.1 Å². The van der Waals surface area contributed by atoms with E-state index in [9.17, 15) is 4.79 Å². The number of anilines is 1. The summed E-state index contributed by atoms with van der Waals surface area (Å²) in [6, 6.07) is 20.1. The van der Waals surface area contributed by atoms with Crippen molar-refractivity contribution in [2.45, 2.75) is 25.3 Å². The first kappa shape index (κ1) is 18.9. The van der Waals surface area contributed by atoms with Crippen molar-refractivity contribution in [3.05, 3.63) is 60.2 Å². The van der Waals surface area contributed by atoms with E-state index in [-0.39, 0.29) is 11.9 Å². The minimum atomic E-state index is 0.0388. The molecule has 5 nitrogen and oxygen atoms in total. The molecule has 0 bridgehead atoms. The predicted molar refractivity (Wildman–Crippen MR) is 106 cm³/mol. The number of nitriles is 1. The molecule has 0 spiro atoms. The zero-order valence-electron chi connectivity index (χ0n) is 15.7. The van der Waals surface area contributed by atoms with Gasteiger partial charge in [-0.25, -0.2) is 0 Å². The van der Waals surface area contributed by atoms with Gasteiger partial charge in [0, 0.05) is 18.3 Å². The smallest absolute Gasteiger partial charge is 0.241 e. The molecule has 1 atom stereocenters. The quantitative estimate of drug-likeness (QED) is 0.751. The topological polar surface area (TPSA) is 56.6 Å². The summed E-state index contributed by atoms with van der Waals surface area (Å²) < 4.78 is 5.24. The number of methoxy groups -OCH3 is 1. The minimum absolute atomic E-state index is 0.0388. The van der Waals surface area contributed by atoms with Gasteiger partial charge in [-0.15, -0.1) is 0 Å². The van der Waals surface area contributed by atoms with E-state index in [1.807, 2.05) is 42.5 Å². The van der Waals surface area contributed by atoms with Crippen LogP contribution >= 0.6 is 0 Å². The Morgan fingerprint density at radius 3 is 2.63 bits per heavy atom. The van der Waals surface area contributed by atoms with Gasteiger partial charge in [-0.05, 0) is 49.2 Å². The van der Waals surface area contributed by atoms with Crippen LogP contribution in [0.2, 0.25) is 0 Å². The Morgan fingerprint density at radius 1 is 1.22 bits per heavy atom. The molecule has 0 saturated carbocycles. The fraction of sp³-hybridized carbons (Fsp3) is 0.364. The third-order valence-electron chi connectivity index (χ3n) is 5.02. The van der Waals surface area contributed by atoms with Crippen molar-refractivity contribution in [2.24, 2.45) is 0 Å². The number of carbonyl (C=O) groups is 1. The Kier molecular flexibility index (Phi) is 6.45. The fourth-order valence-electron chi connectivity index (χ4n) is 3.65. The first-order valence-electron chi connectivity index (χ1n) is 9.33. The van der Waals surface area contributed by atoms with Crippen LogP contribution in [0.4, 0.5) is 5.69 Å². The summed E-state index contributed by atoms with van der Waals surface area (Å²) in [6.45, 7) is 1.68. The average molecular weight is 363 g/mol. The second-order valence-corrected chi connectivity index (χ2v) is 6.69. The molecule has 2 aromatic rings. The molecule has 1 heterocycles. The van der Waals surface area contributed by atoms with Crippen LogP contribution in [0.5, 0.6) is 5.75 Å². The molecule has 2 aromatic carbocycles. The highest BCUT2D eigenvalue weighted by atomic mass is 16.5. The van der Waals surface area contributed by atoms with E-state index in [4.69, 9.17) is 10.00 Å². The lowest BCUT2D eigenvalue weighted by molar-refractivity contribution is -0.120. The summed E-state index contributed by atoms with van der Waals surface area (Å²) in [6.07, 6.45) is 2.44. The number of hydrogen-bond acceptors (Lipinski definition) is 4. The Bertz CT molecular complexity index is 783. The maximum absolute atomic E-state index is 13.0. The minimum Gasteiger partial charge on any atom is -0.497 e. The maximum Gasteiger partial charge on any atom is 0.241 e. The predicted octanol–water partition coefficient (Wildman–Crippen LogP) is 3.78. The van der Waals surface area contributed by atoms with E-state index < -0.39 is 0 Å². The van der Waals surface area contributed by atoms with Crippen LogP contribution < -0.4 is 9.64 Å². The van der Waals surface area contributed by atoms with Gasteiger partial charge in [0.15, 0.2) is 0 Å². The summed E-state index contributed by atoms with van der Waals surface area (Å²) in [5.74, 6) is 0.878. The second-order valence-electron chi connectivity index (χ2n) is 6.69. The van der Waals surface area contributed by atoms with E-state index in [2.05, 4.69) is 23.1 Å². The number of hydrogen-bond donors (Lipinski definition) is 0. The molecule has 0 radical (unpaired) electrons. The van der Waals surface area contributed by atoms with Crippen LogP contribution in [0.15, 0.2) is 54.6 Å². The third kappa shape index (κ3) is 4.66. The van der Waals surface area contributed by atoms with E-state index in [1.165, 1.54) is 5.56 Å². The Labute approximate surface area is 160 Å². The fourth-order valence-corrected chi connectivity index (χ4v) is 3.65. The third-order valence-corrected chi connectivity index (χ3v) is 5.02. The van der Waals surface area contributed by atoms with Gasteiger partial charge in [0.2, 0.25) is 5.91 Å². The van der Waals surface area contributed by atoms with Gasteiger partial charge in [-0.3, -0.25) is 9.69 Å². The number of nitrogens with zero attached hydrogens (tertiary/aromatic N) is 3. The van der Waals surface area contributed by atoms with Gasteiger partial charge in [-0.2, -0.15) is 5.26 Å². The lowest BCUT2D eigenvalue weighted by atomic mass is 10.0. The molecule has 1 unspecified atom stereocenters. The van der Waals surface area contributed by atoms with Crippen LogP contribution in [-0.2, 0) is 4.79 Å². The molecular formula is C22H25N3O2. The molecule has 1 aliphatic heterocycles. The molecule has 1 aliphatic rings. The largest absolute Gasteiger partial charge is 0.497 e. The molecule has 0 N–H and O–H groups in total. The monoisotopic (exact) mass is 363 g/mol. The van der Waals surface area contributed by atoms with Crippen LogP contribution in [0.1, 0.15) is 30.9 Å². The van der Waals surface area contributed by atoms with Crippen molar-refractivity contribution in [1.82, 2.24) is 4.90 Å². The molecule has 140 valence electrons. The van der Waals surface area contributed by atoms with E-state index in [0.717, 1.165) is 30.8 Å². The molecule has 27 heavy (non-hydrogen) atoms. The Balaban J connectivity index is 1.72. The molecule has 3 rings (SSSR count). The highest BCUT2D eigenvalue weighted by Crippen LogP contribution is 2.32. The zero-order valence-corrected chi connectivity index (χ0v) is 15.7. The molecule has 1 saturated heterocycles. The lowest BCUT2D eigenvalue weighted by Crippen LogP contribution is -2.40. The molecule has 0 aromatic heterocycles. The van der Waals surface area contributed by atoms with Crippen molar-refractivity contribution < 1.29 is 9.53 Å². The van der Waals surface area contributed by atoms with Crippen molar-refractivity contribution in [3.63, 3.8) is 0 Å². The normalized spacial score (nSPS) is 16.7. The van der Waals surface area contributed by atoms with Crippen LogP contribution in [-0.4, -0.2) is 37.6 Å². The number of amides is 1. The van der Waals surface area contributed by atoms with Crippen molar-refractivity contribution in [3.8, 4) is 11.8 Å². The second kappa shape index (κ2) is 9.20. The number of ether oxygens (including phenoxy) is 1.